The van der Waals surface area contributed by atoms with Gasteiger partial charge < -0.3 is 15.5 Å². The van der Waals surface area contributed by atoms with Crippen LogP contribution in [0.5, 0.6) is 0 Å². The molecule has 162 valence electrons. The lowest BCUT2D eigenvalue weighted by molar-refractivity contribution is -0.124. The van der Waals surface area contributed by atoms with Gasteiger partial charge in [0.1, 0.15) is 12.5 Å². The van der Waals surface area contributed by atoms with Gasteiger partial charge in [-0.2, -0.15) is 0 Å². The Morgan fingerprint density at radius 3 is 2.45 bits per heavy atom. The molecule has 1 aromatic carbocycles. The number of aryl methyl sites for hydroxylation is 1. The van der Waals surface area contributed by atoms with E-state index in [1.165, 1.54) is 12.1 Å². The second-order valence-corrected chi connectivity index (χ2v) is 7.96. The molecule has 0 aliphatic carbocycles. The van der Waals surface area contributed by atoms with Crippen molar-refractivity contribution in [1.82, 2.24) is 20.5 Å². The highest BCUT2D eigenvalue weighted by Gasteiger charge is 2.48. The number of benzene rings is 1. The molecule has 8 nitrogen and oxygen atoms in total. The van der Waals surface area contributed by atoms with E-state index in [9.17, 15) is 18.8 Å². The van der Waals surface area contributed by atoms with Crippen LogP contribution in [0.15, 0.2) is 42.6 Å². The second-order valence-electron chi connectivity index (χ2n) is 7.96. The molecule has 0 radical (unpaired) electrons. The van der Waals surface area contributed by atoms with E-state index in [1.54, 1.807) is 17.0 Å². The van der Waals surface area contributed by atoms with Crippen LogP contribution in [0.1, 0.15) is 34.3 Å². The number of rotatable bonds is 5. The summed E-state index contributed by atoms with van der Waals surface area (Å²) in [4.78, 5) is 42.5. The number of alkyl halides is 1. The maximum absolute atomic E-state index is 13.7. The first-order valence-electron chi connectivity index (χ1n) is 10.2. The van der Waals surface area contributed by atoms with Gasteiger partial charge in [0.2, 0.25) is 0 Å². The van der Waals surface area contributed by atoms with Crippen molar-refractivity contribution in [3.8, 4) is 0 Å². The molecule has 4 rings (SSSR count). The van der Waals surface area contributed by atoms with Crippen LogP contribution in [0.4, 0.5) is 15.0 Å². The molecule has 1 atom stereocenters. The average Bonchev–Trinajstić information content (AvgIpc) is 3.09. The third kappa shape index (κ3) is 4.08. The summed E-state index contributed by atoms with van der Waals surface area (Å²) in [5, 5.41) is 7.80. The molecule has 9 heteroatoms. The molecule has 2 aliphatic heterocycles. The number of hydrogen-bond acceptors (Lipinski definition) is 5. The Hall–Kier alpha value is -3.49. The Kier molecular flexibility index (Phi) is 5.58. The lowest BCUT2D eigenvalue weighted by Gasteiger charge is -2.33. The van der Waals surface area contributed by atoms with Gasteiger partial charge in [-0.25, -0.2) is 14.2 Å². The highest BCUT2D eigenvalue weighted by Crippen LogP contribution is 2.26. The summed E-state index contributed by atoms with van der Waals surface area (Å²) >= 11 is 0. The SMILES string of the molecule is Cc1ccc(NC2CCN(C(=O)c3ccc([C@@]4(CF)NC(=O)NC4=O)cc3)CC2)nc1. The number of nitrogens with one attached hydrogen (secondary N) is 3. The minimum atomic E-state index is -1.74. The molecular formula is C22H24FN5O3. The number of nitrogens with zero attached hydrogens (tertiary/aromatic N) is 2. The summed E-state index contributed by atoms with van der Waals surface area (Å²) in [5.74, 6) is -0.0276. The van der Waals surface area contributed by atoms with Gasteiger partial charge in [-0.1, -0.05) is 18.2 Å². The quantitative estimate of drug-likeness (QED) is 0.637. The van der Waals surface area contributed by atoms with Gasteiger partial charge in [-0.3, -0.25) is 14.9 Å². The van der Waals surface area contributed by atoms with Crippen molar-refractivity contribution >= 4 is 23.7 Å². The van der Waals surface area contributed by atoms with Crippen LogP contribution < -0.4 is 16.0 Å². The smallest absolute Gasteiger partial charge is 0.322 e. The van der Waals surface area contributed by atoms with Gasteiger partial charge in [0, 0.05) is 30.9 Å². The van der Waals surface area contributed by atoms with Crippen LogP contribution in [0, 0.1) is 6.92 Å². The van der Waals surface area contributed by atoms with E-state index in [-0.39, 0.29) is 11.9 Å². The van der Waals surface area contributed by atoms with Gasteiger partial charge in [-0.15, -0.1) is 0 Å². The van der Waals surface area contributed by atoms with Gasteiger partial charge in [0.15, 0.2) is 5.54 Å². The fraction of sp³-hybridized carbons (Fsp3) is 0.364. The molecule has 3 heterocycles. The van der Waals surface area contributed by atoms with Crippen LogP contribution in [0.3, 0.4) is 0 Å². The number of hydrogen-bond donors (Lipinski definition) is 3. The Morgan fingerprint density at radius 1 is 1.19 bits per heavy atom. The Labute approximate surface area is 179 Å². The first-order valence-corrected chi connectivity index (χ1v) is 10.2. The molecule has 3 N–H and O–H groups in total. The summed E-state index contributed by atoms with van der Waals surface area (Å²) in [5.41, 5.74) is 0.107. The number of aromatic nitrogens is 1. The number of pyridine rings is 1. The van der Waals surface area contributed by atoms with E-state index in [4.69, 9.17) is 0 Å². The fourth-order valence-corrected chi connectivity index (χ4v) is 3.94. The van der Waals surface area contributed by atoms with Gasteiger partial charge >= 0.3 is 6.03 Å². The lowest BCUT2D eigenvalue weighted by atomic mass is 9.90. The molecule has 2 fully saturated rings. The third-order valence-electron chi connectivity index (χ3n) is 5.81. The molecule has 1 aromatic heterocycles. The molecule has 0 bridgehead atoms. The van der Waals surface area contributed by atoms with Crippen molar-refractivity contribution in [2.24, 2.45) is 0 Å². The molecule has 31 heavy (non-hydrogen) atoms. The summed E-state index contributed by atoms with van der Waals surface area (Å²) in [6.07, 6.45) is 3.42. The van der Waals surface area contributed by atoms with E-state index in [0.717, 1.165) is 24.2 Å². The summed E-state index contributed by atoms with van der Waals surface area (Å²) < 4.78 is 13.7. The first kappa shape index (κ1) is 20.8. The molecular weight excluding hydrogens is 401 g/mol. The highest BCUT2D eigenvalue weighted by atomic mass is 19.1. The molecule has 0 spiro atoms. The minimum absolute atomic E-state index is 0.118. The number of urea groups is 1. The van der Waals surface area contributed by atoms with Crippen LogP contribution in [0.2, 0.25) is 0 Å². The number of anilines is 1. The van der Waals surface area contributed by atoms with Crippen molar-refractivity contribution in [3.63, 3.8) is 0 Å². The third-order valence-corrected chi connectivity index (χ3v) is 5.81. The Morgan fingerprint density at radius 2 is 1.90 bits per heavy atom. The van der Waals surface area contributed by atoms with Gasteiger partial charge in [0.05, 0.1) is 0 Å². The molecule has 2 saturated heterocycles. The van der Waals surface area contributed by atoms with Gasteiger partial charge in [-0.05, 0) is 49.1 Å². The maximum atomic E-state index is 13.7. The molecule has 0 unspecified atom stereocenters. The van der Waals surface area contributed by atoms with Gasteiger partial charge in [0.25, 0.3) is 11.8 Å². The predicted octanol–water partition coefficient (Wildman–Crippen LogP) is 2.11. The minimum Gasteiger partial charge on any atom is -0.367 e. The van der Waals surface area contributed by atoms with Crippen LogP contribution >= 0.6 is 0 Å². The number of likely N-dealkylation sites (tertiary alicyclic amines) is 1. The largest absolute Gasteiger partial charge is 0.367 e. The molecule has 4 amide bonds. The zero-order chi connectivity index (χ0) is 22.0. The number of piperidine rings is 1. The first-order chi connectivity index (χ1) is 14.9. The molecule has 2 aromatic rings. The van der Waals surface area contributed by atoms with Crippen LogP contribution in [-0.2, 0) is 10.3 Å². The summed E-state index contributed by atoms with van der Waals surface area (Å²) in [6, 6.07) is 9.61. The van der Waals surface area contributed by atoms with E-state index in [1.807, 2.05) is 25.3 Å². The Bertz CT molecular complexity index is 987. The lowest BCUT2D eigenvalue weighted by Crippen LogP contribution is -2.46. The second kappa shape index (κ2) is 8.33. The number of carbonyl (C=O) groups excluding carboxylic acids is 3. The Balaban J connectivity index is 1.37. The average molecular weight is 425 g/mol. The topological polar surface area (TPSA) is 103 Å². The maximum Gasteiger partial charge on any atom is 0.322 e. The van der Waals surface area contributed by atoms with E-state index in [0.29, 0.717) is 24.2 Å². The zero-order valence-electron chi connectivity index (χ0n) is 17.2. The van der Waals surface area contributed by atoms with Crippen molar-refractivity contribution in [3.05, 3.63) is 59.3 Å². The van der Waals surface area contributed by atoms with Crippen molar-refractivity contribution < 1.29 is 18.8 Å². The van der Waals surface area contributed by atoms with E-state index >= 15 is 0 Å². The summed E-state index contributed by atoms with van der Waals surface area (Å²) in [6.45, 7) is 2.13. The van der Waals surface area contributed by atoms with E-state index in [2.05, 4.69) is 20.9 Å². The monoisotopic (exact) mass is 425 g/mol. The normalized spacial score (nSPS) is 21.5. The standard InChI is InChI=1S/C22H24FN5O3/c1-14-2-7-18(24-12-14)25-17-8-10-28(11-9-17)19(29)15-3-5-16(6-4-15)22(13-23)20(30)26-21(31)27-22/h2-7,12,17H,8-11,13H2,1H3,(H,24,25)(H2,26,27,30,31)/t22-/m1/s1. The van der Waals surface area contributed by atoms with Crippen molar-refractivity contribution in [1.29, 1.82) is 0 Å². The zero-order valence-corrected chi connectivity index (χ0v) is 17.2. The number of carbonyl (C=O) groups is 3. The number of halogens is 1. The predicted molar refractivity (Wildman–Crippen MR) is 112 cm³/mol. The van der Waals surface area contributed by atoms with Crippen LogP contribution in [0.25, 0.3) is 0 Å². The van der Waals surface area contributed by atoms with Crippen LogP contribution in [-0.4, -0.2) is 53.5 Å². The van der Waals surface area contributed by atoms with Crippen molar-refractivity contribution in [2.75, 3.05) is 25.1 Å². The van der Waals surface area contributed by atoms with E-state index < -0.39 is 24.2 Å². The highest BCUT2D eigenvalue weighted by molar-refractivity contribution is 6.07. The summed E-state index contributed by atoms with van der Waals surface area (Å²) in [7, 11) is 0. The number of amides is 4. The molecule has 0 saturated carbocycles. The van der Waals surface area contributed by atoms with Crippen molar-refractivity contribution in [2.45, 2.75) is 31.3 Å². The number of imide groups is 1. The molecule has 2 aliphatic rings. The fourth-order valence-electron chi connectivity index (χ4n) is 3.94.